The molecule has 0 saturated carbocycles. The minimum Gasteiger partial charge on any atom is -0.308 e. The second-order valence-corrected chi connectivity index (χ2v) is 9.31. The quantitative estimate of drug-likeness (QED) is 0.239. The fraction of sp³-hybridized carbons (Fsp3) is 0. The summed E-state index contributed by atoms with van der Waals surface area (Å²) in [5.41, 5.74) is 8.44. The molecule has 4 aromatic heterocycles. The molecule has 0 N–H and O–H groups in total. The van der Waals surface area contributed by atoms with Crippen LogP contribution in [-0.2, 0) is 0 Å². The lowest BCUT2D eigenvalue weighted by molar-refractivity contribution is 1.17. The fourth-order valence-electron chi connectivity index (χ4n) is 5.62. The van der Waals surface area contributed by atoms with E-state index in [2.05, 4.69) is 112 Å². The van der Waals surface area contributed by atoms with E-state index in [-0.39, 0.29) is 0 Å². The van der Waals surface area contributed by atoms with Crippen molar-refractivity contribution in [3.63, 3.8) is 0 Å². The number of nitrogens with zero attached hydrogens (tertiary/aromatic N) is 4. The van der Waals surface area contributed by atoms with Crippen molar-refractivity contribution in [1.29, 1.82) is 0 Å². The topological polar surface area (TPSA) is 43.6 Å². The zero-order valence-corrected chi connectivity index (χ0v) is 19.8. The Balaban J connectivity index is 1.31. The average Bonchev–Trinajstić information content (AvgIpc) is 3.32. The van der Waals surface area contributed by atoms with Crippen LogP contribution >= 0.6 is 0 Å². The van der Waals surface area contributed by atoms with Gasteiger partial charge in [0.1, 0.15) is 0 Å². The van der Waals surface area contributed by atoms with Gasteiger partial charge in [0.2, 0.25) is 0 Å². The number of pyridine rings is 3. The van der Waals surface area contributed by atoms with Crippen LogP contribution in [0.4, 0.5) is 0 Å². The van der Waals surface area contributed by atoms with Gasteiger partial charge in [-0.05, 0) is 48.5 Å². The molecule has 0 saturated heterocycles. The van der Waals surface area contributed by atoms with E-state index in [1.807, 2.05) is 24.5 Å². The number of hydrogen-bond donors (Lipinski definition) is 0. The van der Waals surface area contributed by atoms with Crippen molar-refractivity contribution in [2.24, 2.45) is 0 Å². The van der Waals surface area contributed by atoms with Crippen LogP contribution in [0.1, 0.15) is 0 Å². The summed E-state index contributed by atoms with van der Waals surface area (Å²) < 4.78 is 2.28. The molecule has 8 aromatic rings. The van der Waals surface area contributed by atoms with Crippen LogP contribution < -0.4 is 0 Å². The molecular formula is C33H20N4. The summed E-state index contributed by atoms with van der Waals surface area (Å²) in [6, 6.07) is 38.0. The Morgan fingerprint density at radius 1 is 0.432 bits per heavy atom. The molecule has 0 aliphatic heterocycles. The van der Waals surface area contributed by atoms with Gasteiger partial charge in [0.05, 0.1) is 33.3 Å². The van der Waals surface area contributed by atoms with Gasteiger partial charge in [-0.2, -0.15) is 0 Å². The maximum Gasteiger partial charge on any atom is 0.0963 e. The van der Waals surface area contributed by atoms with Gasteiger partial charge in [0, 0.05) is 50.6 Å². The van der Waals surface area contributed by atoms with E-state index in [0.29, 0.717) is 0 Å². The van der Waals surface area contributed by atoms with Crippen molar-refractivity contribution in [1.82, 2.24) is 19.5 Å². The number of hydrogen-bond acceptors (Lipinski definition) is 3. The first-order chi connectivity index (χ1) is 18.4. The molecule has 4 nitrogen and oxygen atoms in total. The fourth-order valence-corrected chi connectivity index (χ4v) is 5.62. The molecule has 0 radical (unpaired) electrons. The summed E-state index contributed by atoms with van der Waals surface area (Å²) >= 11 is 0. The molecule has 4 heterocycles. The Hall–Kier alpha value is -5.09. The summed E-state index contributed by atoms with van der Waals surface area (Å²) in [6.45, 7) is 0. The third-order valence-electron chi connectivity index (χ3n) is 7.28. The highest BCUT2D eigenvalue weighted by Crippen LogP contribution is 2.35. The lowest BCUT2D eigenvalue weighted by Crippen LogP contribution is -1.94. The zero-order chi connectivity index (χ0) is 24.3. The van der Waals surface area contributed by atoms with Gasteiger partial charge in [-0.1, -0.05) is 60.7 Å². The second-order valence-electron chi connectivity index (χ2n) is 9.31. The minimum atomic E-state index is 0.955. The smallest absolute Gasteiger partial charge is 0.0963 e. The Morgan fingerprint density at radius 3 is 1.84 bits per heavy atom. The highest BCUT2D eigenvalue weighted by molar-refractivity contribution is 6.23. The summed E-state index contributed by atoms with van der Waals surface area (Å²) in [6.07, 6.45) is 3.72. The van der Waals surface area contributed by atoms with Crippen molar-refractivity contribution in [2.45, 2.75) is 0 Å². The first-order valence-electron chi connectivity index (χ1n) is 12.4. The van der Waals surface area contributed by atoms with Crippen molar-refractivity contribution < 1.29 is 0 Å². The van der Waals surface area contributed by atoms with Crippen molar-refractivity contribution in [3.8, 4) is 16.9 Å². The third kappa shape index (κ3) is 2.93. The van der Waals surface area contributed by atoms with Crippen LogP contribution in [-0.4, -0.2) is 19.5 Å². The molecule has 8 rings (SSSR count). The standard InChI is InChI=1S/C33H20N4/c1-2-8-25-23(7-1)31-24(10-5-19-34-31)26-17-18-28(36-32(25)26)21-13-15-22(16-14-21)37-29-11-4-3-9-27(29)33-30(37)12-6-20-35-33/h1-20H. The molecular weight excluding hydrogens is 452 g/mol. The second kappa shape index (κ2) is 7.70. The first kappa shape index (κ1) is 20.1. The van der Waals surface area contributed by atoms with Gasteiger partial charge < -0.3 is 4.57 Å². The molecule has 0 bridgehead atoms. The lowest BCUT2D eigenvalue weighted by Gasteiger charge is -2.11. The van der Waals surface area contributed by atoms with Gasteiger partial charge in [-0.3, -0.25) is 9.97 Å². The van der Waals surface area contributed by atoms with Crippen LogP contribution in [0.3, 0.4) is 0 Å². The number of benzene rings is 4. The highest BCUT2D eigenvalue weighted by atomic mass is 15.0. The zero-order valence-electron chi connectivity index (χ0n) is 19.8. The predicted molar refractivity (Wildman–Crippen MR) is 152 cm³/mol. The van der Waals surface area contributed by atoms with Gasteiger partial charge in [-0.15, -0.1) is 0 Å². The van der Waals surface area contributed by atoms with Crippen LogP contribution in [0.25, 0.3) is 71.5 Å². The number of aromatic nitrogens is 4. The maximum atomic E-state index is 5.17. The van der Waals surface area contributed by atoms with Gasteiger partial charge in [-0.25, -0.2) is 4.98 Å². The molecule has 0 aliphatic carbocycles. The summed E-state index contributed by atoms with van der Waals surface area (Å²) in [5.74, 6) is 0. The molecule has 0 aliphatic rings. The Morgan fingerprint density at radius 2 is 1.03 bits per heavy atom. The molecule has 0 atom stereocenters. The SMILES string of the molecule is c1ccc2c(c1)c1ncccc1c1ccc(-c3ccc(-n4c5ccccc5c5ncccc54)cc3)nc21. The van der Waals surface area contributed by atoms with Crippen molar-refractivity contribution in [3.05, 3.63) is 122 Å². The normalized spacial score (nSPS) is 11.8. The Bertz CT molecular complexity index is 2050. The Labute approximate surface area is 212 Å². The molecule has 4 aromatic carbocycles. The van der Waals surface area contributed by atoms with E-state index in [9.17, 15) is 0 Å². The van der Waals surface area contributed by atoms with Crippen LogP contribution in [0.2, 0.25) is 0 Å². The van der Waals surface area contributed by atoms with Gasteiger partial charge in [0.25, 0.3) is 0 Å². The summed E-state index contributed by atoms with van der Waals surface area (Å²) in [7, 11) is 0. The van der Waals surface area contributed by atoms with E-state index in [1.54, 1.807) is 0 Å². The molecule has 37 heavy (non-hydrogen) atoms. The molecule has 0 amide bonds. The van der Waals surface area contributed by atoms with E-state index >= 15 is 0 Å². The lowest BCUT2D eigenvalue weighted by atomic mass is 9.99. The first-order valence-corrected chi connectivity index (χ1v) is 12.4. The highest BCUT2D eigenvalue weighted by Gasteiger charge is 2.14. The molecule has 172 valence electrons. The minimum absolute atomic E-state index is 0.955. The monoisotopic (exact) mass is 472 g/mol. The van der Waals surface area contributed by atoms with E-state index in [1.165, 1.54) is 0 Å². The third-order valence-corrected chi connectivity index (χ3v) is 7.28. The number of rotatable bonds is 2. The largest absolute Gasteiger partial charge is 0.308 e. The summed E-state index contributed by atoms with van der Waals surface area (Å²) in [4.78, 5) is 14.5. The Kier molecular flexibility index (Phi) is 4.19. The van der Waals surface area contributed by atoms with E-state index in [0.717, 1.165) is 71.5 Å². The average molecular weight is 473 g/mol. The van der Waals surface area contributed by atoms with Gasteiger partial charge >= 0.3 is 0 Å². The van der Waals surface area contributed by atoms with Crippen LogP contribution in [0.15, 0.2) is 122 Å². The van der Waals surface area contributed by atoms with E-state index in [4.69, 9.17) is 4.98 Å². The molecule has 4 heteroatoms. The van der Waals surface area contributed by atoms with E-state index < -0.39 is 0 Å². The number of para-hydroxylation sites is 1. The number of fused-ring (bicyclic) bond motifs is 9. The predicted octanol–water partition coefficient (Wildman–Crippen LogP) is 8.10. The van der Waals surface area contributed by atoms with Crippen molar-refractivity contribution in [2.75, 3.05) is 0 Å². The van der Waals surface area contributed by atoms with Crippen molar-refractivity contribution >= 4 is 54.5 Å². The van der Waals surface area contributed by atoms with Crippen LogP contribution in [0, 0.1) is 0 Å². The van der Waals surface area contributed by atoms with Gasteiger partial charge in [0.15, 0.2) is 0 Å². The summed E-state index contributed by atoms with van der Waals surface area (Å²) in [5, 5.41) is 5.67. The molecule has 0 spiro atoms. The maximum absolute atomic E-state index is 5.17. The molecule has 0 unspecified atom stereocenters. The van der Waals surface area contributed by atoms with Crippen LogP contribution in [0.5, 0.6) is 0 Å². The molecule has 0 fully saturated rings.